The van der Waals surface area contributed by atoms with Crippen LogP contribution < -0.4 is 0 Å². The normalized spacial score (nSPS) is 41.4. The molecule has 0 aliphatic heterocycles. The zero-order valence-electron chi connectivity index (χ0n) is 22.2. The Morgan fingerprint density at radius 3 is 2.35 bits per heavy atom. The van der Waals surface area contributed by atoms with Gasteiger partial charge in [0.25, 0.3) is 0 Å². The number of hydrogen-bond donors (Lipinski definition) is 0. The minimum absolute atomic E-state index is 0.559. The van der Waals surface area contributed by atoms with Crippen LogP contribution in [0.15, 0.2) is 11.6 Å². The van der Waals surface area contributed by atoms with Gasteiger partial charge >= 0.3 is 0 Å². The Bertz CT molecular complexity index is 651. The van der Waals surface area contributed by atoms with Crippen LogP contribution in [0.1, 0.15) is 132 Å². The molecule has 7 atom stereocenters. The molecular weight excluding hydrogens is 372 g/mol. The summed E-state index contributed by atoms with van der Waals surface area (Å²) in [6.07, 6.45) is 21.7. The molecule has 4 aliphatic rings. The van der Waals surface area contributed by atoms with Crippen molar-refractivity contribution >= 4 is 0 Å². The molecule has 0 heterocycles. The van der Waals surface area contributed by atoms with Crippen LogP contribution in [0.25, 0.3) is 0 Å². The molecular formula is C31H54. The molecule has 31 heavy (non-hydrogen) atoms. The predicted molar refractivity (Wildman–Crippen MR) is 136 cm³/mol. The van der Waals surface area contributed by atoms with E-state index in [4.69, 9.17) is 0 Å². The first-order chi connectivity index (χ1) is 14.7. The monoisotopic (exact) mass is 426 g/mol. The van der Waals surface area contributed by atoms with Gasteiger partial charge in [0.1, 0.15) is 0 Å². The zero-order chi connectivity index (χ0) is 22.4. The lowest BCUT2D eigenvalue weighted by molar-refractivity contribution is -0.0537. The van der Waals surface area contributed by atoms with Crippen LogP contribution in [0.5, 0.6) is 0 Å². The molecule has 0 N–H and O–H groups in total. The highest BCUT2D eigenvalue weighted by Crippen LogP contribution is 2.67. The maximum absolute atomic E-state index is 2.76. The molecule has 3 saturated carbocycles. The van der Waals surface area contributed by atoms with Crippen molar-refractivity contribution in [3.63, 3.8) is 0 Å². The molecule has 3 fully saturated rings. The van der Waals surface area contributed by atoms with Gasteiger partial charge in [0.15, 0.2) is 0 Å². The Hall–Kier alpha value is -0.260. The summed E-state index contributed by atoms with van der Waals surface area (Å²) in [6, 6.07) is 0. The summed E-state index contributed by atoms with van der Waals surface area (Å²) >= 11 is 0. The molecule has 0 amide bonds. The molecule has 0 radical (unpaired) electrons. The summed E-state index contributed by atoms with van der Waals surface area (Å²) in [7, 11) is 0. The fraction of sp³-hybridized carbons (Fsp3) is 0.935. The summed E-state index contributed by atoms with van der Waals surface area (Å²) in [5, 5.41) is 0. The van der Waals surface area contributed by atoms with E-state index in [-0.39, 0.29) is 0 Å². The number of hydrogen-bond acceptors (Lipinski definition) is 0. The first-order valence-electron chi connectivity index (χ1n) is 14.4. The molecule has 0 bridgehead atoms. The molecule has 0 aromatic heterocycles. The topological polar surface area (TPSA) is 0 Å². The van der Waals surface area contributed by atoms with Crippen molar-refractivity contribution in [1.82, 2.24) is 0 Å². The third-order valence-corrected chi connectivity index (χ3v) is 11.9. The van der Waals surface area contributed by atoms with Crippen LogP contribution in [-0.2, 0) is 0 Å². The van der Waals surface area contributed by atoms with Crippen LogP contribution in [0.4, 0.5) is 0 Å². The summed E-state index contributed by atoms with van der Waals surface area (Å²) in [4.78, 5) is 0. The number of rotatable bonds is 7. The van der Waals surface area contributed by atoms with Gasteiger partial charge in [-0.25, -0.2) is 0 Å². The van der Waals surface area contributed by atoms with Gasteiger partial charge in [-0.1, -0.05) is 79.4 Å². The molecule has 0 heteroatoms. The van der Waals surface area contributed by atoms with E-state index in [0.29, 0.717) is 16.2 Å². The summed E-state index contributed by atoms with van der Waals surface area (Å²) in [5.74, 6) is 5.66. The minimum Gasteiger partial charge on any atom is -0.0845 e. The van der Waals surface area contributed by atoms with E-state index in [2.05, 4.69) is 54.5 Å². The van der Waals surface area contributed by atoms with Crippen molar-refractivity contribution in [3.8, 4) is 0 Å². The number of allylic oxidation sites excluding steroid dienone is 2. The van der Waals surface area contributed by atoms with Gasteiger partial charge < -0.3 is 0 Å². The second kappa shape index (κ2) is 8.83. The third-order valence-electron chi connectivity index (χ3n) is 11.9. The smallest absolute Gasteiger partial charge is 0.00853 e. The molecule has 0 aromatic carbocycles. The van der Waals surface area contributed by atoms with Crippen molar-refractivity contribution in [3.05, 3.63) is 11.6 Å². The van der Waals surface area contributed by atoms with Crippen molar-refractivity contribution in [1.29, 1.82) is 0 Å². The standard InChI is InChI=1S/C31H54/c1-8-31(9-2,20-22(3)4)21-23(5)26-15-16-27-25-14-13-24-12-10-11-18-29(24,6)28(25)17-19-30(26,27)7/h13,22-23,25-28H,8-12,14-21H2,1-7H3. The summed E-state index contributed by atoms with van der Waals surface area (Å²) < 4.78 is 0. The molecule has 4 rings (SSSR count). The van der Waals surface area contributed by atoms with E-state index in [1.807, 2.05) is 5.57 Å². The molecule has 7 unspecified atom stereocenters. The lowest BCUT2D eigenvalue weighted by Crippen LogP contribution is -2.50. The van der Waals surface area contributed by atoms with E-state index < -0.39 is 0 Å². The second-order valence-corrected chi connectivity index (χ2v) is 13.7. The first-order valence-corrected chi connectivity index (χ1v) is 14.4. The lowest BCUT2D eigenvalue weighted by Gasteiger charge is -2.58. The van der Waals surface area contributed by atoms with E-state index >= 15 is 0 Å². The third kappa shape index (κ3) is 3.99. The van der Waals surface area contributed by atoms with Crippen LogP contribution in [0.2, 0.25) is 0 Å². The van der Waals surface area contributed by atoms with Gasteiger partial charge in [0, 0.05) is 0 Å². The van der Waals surface area contributed by atoms with Gasteiger partial charge in [-0.2, -0.15) is 0 Å². The molecule has 0 spiro atoms. The fourth-order valence-electron chi connectivity index (χ4n) is 10.3. The largest absolute Gasteiger partial charge is 0.0845 e. The van der Waals surface area contributed by atoms with Crippen molar-refractivity contribution in [2.75, 3.05) is 0 Å². The average molecular weight is 427 g/mol. The van der Waals surface area contributed by atoms with Gasteiger partial charge in [-0.05, 0) is 116 Å². The zero-order valence-corrected chi connectivity index (χ0v) is 22.2. The van der Waals surface area contributed by atoms with Gasteiger partial charge in [-0.3, -0.25) is 0 Å². The van der Waals surface area contributed by atoms with Crippen molar-refractivity contribution in [2.45, 2.75) is 132 Å². The Morgan fingerprint density at radius 1 is 0.935 bits per heavy atom. The first kappa shape index (κ1) is 23.9. The average Bonchev–Trinajstić information content (AvgIpc) is 3.09. The van der Waals surface area contributed by atoms with Gasteiger partial charge in [0.2, 0.25) is 0 Å². The highest BCUT2D eigenvalue weighted by Gasteiger charge is 2.59. The molecule has 0 nitrogen and oxygen atoms in total. The fourth-order valence-corrected chi connectivity index (χ4v) is 10.3. The van der Waals surface area contributed by atoms with Crippen LogP contribution in [-0.4, -0.2) is 0 Å². The SMILES string of the molecule is CCC(CC)(CC(C)C)CC(C)C1CCC2C3CC=C4CCCCC4(C)C3CCC12C. The highest BCUT2D eigenvalue weighted by molar-refractivity contribution is 5.24. The van der Waals surface area contributed by atoms with Gasteiger partial charge in [0.05, 0.1) is 0 Å². The number of fused-ring (bicyclic) bond motifs is 5. The summed E-state index contributed by atoms with van der Waals surface area (Å²) in [5.41, 5.74) is 3.62. The van der Waals surface area contributed by atoms with E-state index in [1.54, 1.807) is 0 Å². The second-order valence-electron chi connectivity index (χ2n) is 13.7. The van der Waals surface area contributed by atoms with E-state index in [0.717, 1.165) is 35.5 Å². The Kier molecular flexibility index (Phi) is 6.80. The van der Waals surface area contributed by atoms with Crippen LogP contribution >= 0.6 is 0 Å². The van der Waals surface area contributed by atoms with E-state index in [9.17, 15) is 0 Å². The van der Waals surface area contributed by atoms with Crippen LogP contribution in [0, 0.1) is 51.8 Å². The Morgan fingerprint density at radius 2 is 1.68 bits per heavy atom. The molecule has 0 saturated heterocycles. The van der Waals surface area contributed by atoms with Crippen molar-refractivity contribution < 1.29 is 0 Å². The Labute approximate surface area is 195 Å². The predicted octanol–water partition coefficient (Wildman–Crippen LogP) is 9.83. The van der Waals surface area contributed by atoms with E-state index in [1.165, 1.54) is 83.5 Å². The summed E-state index contributed by atoms with van der Waals surface area (Å²) in [6.45, 7) is 17.9. The van der Waals surface area contributed by atoms with Crippen molar-refractivity contribution in [2.24, 2.45) is 51.8 Å². The van der Waals surface area contributed by atoms with Gasteiger partial charge in [-0.15, -0.1) is 0 Å². The Balaban J connectivity index is 1.53. The maximum Gasteiger partial charge on any atom is -0.00853 e. The quantitative estimate of drug-likeness (QED) is 0.355. The molecule has 0 aromatic rings. The van der Waals surface area contributed by atoms with Crippen LogP contribution in [0.3, 0.4) is 0 Å². The lowest BCUT2D eigenvalue weighted by atomic mass is 9.47. The highest BCUT2D eigenvalue weighted by atomic mass is 14.6. The minimum atomic E-state index is 0.559. The maximum atomic E-state index is 2.76. The molecule has 178 valence electrons. The molecule has 4 aliphatic carbocycles.